The summed E-state index contributed by atoms with van der Waals surface area (Å²) in [7, 11) is 0. The van der Waals surface area contributed by atoms with Gasteiger partial charge in [0.05, 0.1) is 11.7 Å². The van der Waals surface area contributed by atoms with Gasteiger partial charge in [0.1, 0.15) is 6.10 Å². The van der Waals surface area contributed by atoms with Crippen molar-refractivity contribution in [2.24, 2.45) is 11.3 Å². The van der Waals surface area contributed by atoms with Crippen molar-refractivity contribution in [3.63, 3.8) is 0 Å². The number of carbonyl (C=O) groups is 1. The van der Waals surface area contributed by atoms with E-state index in [9.17, 15) is 4.79 Å². The summed E-state index contributed by atoms with van der Waals surface area (Å²) in [6, 6.07) is 7.11. The number of carbonyl (C=O) groups excluding carboxylic acids is 1. The molecule has 1 saturated heterocycles. The smallest absolute Gasteiger partial charge is 0.338 e. The molecule has 1 aliphatic heterocycles. The summed E-state index contributed by atoms with van der Waals surface area (Å²) in [5.41, 5.74) is 1.05. The first-order valence-electron chi connectivity index (χ1n) is 8.70. The molecule has 0 spiro atoms. The van der Waals surface area contributed by atoms with Gasteiger partial charge in [-0.1, -0.05) is 19.9 Å². The molecule has 25 heavy (non-hydrogen) atoms. The molecule has 3 atom stereocenters. The van der Waals surface area contributed by atoms with Gasteiger partial charge in [-0.3, -0.25) is 0 Å². The van der Waals surface area contributed by atoms with Gasteiger partial charge in [0.25, 0.3) is 0 Å². The lowest BCUT2D eigenvalue weighted by molar-refractivity contribution is -0.243. The number of esters is 1. The summed E-state index contributed by atoms with van der Waals surface area (Å²) in [6.45, 7) is 6.75. The Morgan fingerprint density at radius 1 is 1.32 bits per heavy atom. The topological polar surface area (TPSA) is 74.5 Å². The van der Waals surface area contributed by atoms with Crippen molar-refractivity contribution in [3.8, 4) is 11.5 Å². The van der Waals surface area contributed by atoms with Crippen LogP contribution in [0.5, 0.6) is 0 Å². The second-order valence-electron chi connectivity index (χ2n) is 7.45. The lowest BCUT2D eigenvalue weighted by Crippen LogP contribution is -2.65. The molecule has 2 aliphatic rings. The van der Waals surface area contributed by atoms with Gasteiger partial charge in [-0.15, -0.1) is 10.2 Å². The number of aromatic nitrogens is 2. The van der Waals surface area contributed by atoms with Crippen molar-refractivity contribution in [3.05, 3.63) is 35.7 Å². The maximum atomic E-state index is 12.7. The fourth-order valence-corrected chi connectivity index (χ4v) is 4.09. The monoisotopic (exact) mass is 342 g/mol. The van der Waals surface area contributed by atoms with Crippen LogP contribution in [0.1, 0.15) is 42.9 Å². The van der Waals surface area contributed by atoms with E-state index < -0.39 is 0 Å². The van der Waals surface area contributed by atoms with Crippen LogP contribution in [0.15, 0.2) is 28.7 Å². The fraction of sp³-hybridized carbons (Fsp3) is 0.526. The Labute approximate surface area is 146 Å². The number of aryl methyl sites for hydroxylation is 1. The van der Waals surface area contributed by atoms with Crippen molar-refractivity contribution in [1.29, 1.82) is 0 Å². The van der Waals surface area contributed by atoms with Gasteiger partial charge in [-0.2, -0.15) is 0 Å². The van der Waals surface area contributed by atoms with E-state index >= 15 is 0 Å². The third kappa shape index (κ3) is 2.74. The van der Waals surface area contributed by atoms with Gasteiger partial charge in [0.2, 0.25) is 11.8 Å². The van der Waals surface area contributed by atoms with Crippen molar-refractivity contribution in [2.45, 2.75) is 45.8 Å². The number of hydrogen-bond acceptors (Lipinski definition) is 6. The Kier molecular flexibility index (Phi) is 3.87. The summed E-state index contributed by atoms with van der Waals surface area (Å²) < 4.78 is 17.2. The van der Waals surface area contributed by atoms with Gasteiger partial charge in [-0.25, -0.2) is 4.79 Å². The molecule has 2 heterocycles. The average molecular weight is 342 g/mol. The van der Waals surface area contributed by atoms with Crippen molar-refractivity contribution in [1.82, 2.24) is 10.2 Å². The zero-order valence-corrected chi connectivity index (χ0v) is 14.7. The van der Waals surface area contributed by atoms with Crippen LogP contribution in [0.4, 0.5) is 0 Å². The number of ether oxygens (including phenoxy) is 2. The molecule has 0 bridgehead atoms. The van der Waals surface area contributed by atoms with Crippen molar-refractivity contribution in [2.75, 3.05) is 6.61 Å². The van der Waals surface area contributed by atoms with Crippen LogP contribution in [0, 0.1) is 18.3 Å². The predicted molar refractivity (Wildman–Crippen MR) is 89.9 cm³/mol. The summed E-state index contributed by atoms with van der Waals surface area (Å²) in [6.07, 6.45) is 2.15. The Hall–Kier alpha value is -2.21. The van der Waals surface area contributed by atoms with Crippen molar-refractivity contribution < 1.29 is 18.7 Å². The van der Waals surface area contributed by atoms with Gasteiger partial charge in [0.15, 0.2) is 0 Å². The second-order valence-corrected chi connectivity index (χ2v) is 7.45. The average Bonchev–Trinajstić information content (AvgIpc) is 3.06. The maximum absolute atomic E-state index is 12.7. The maximum Gasteiger partial charge on any atom is 0.338 e. The third-order valence-corrected chi connectivity index (χ3v) is 5.33. The molecular weight excluding hydrogens is 320 g/mol. The molecule has 0 N–H and O–H groups in total. The number of hydrogen-bond donors (Lipinski definition) is 0. The highest BCUT2D eigenvalue weighted by Crippen LogP contribution is 2.53. The molecule has 6 nitrogen and oxygen atoms in total. The molecule has 132 valence electrons. The lowest BCUT2D eigenvalue weighted by atomic mass is 9.57. The largest absolute Gasteiger partial charge is 0.458 e. The van der Waals surface area contributed by atoms with Crippen LogP contribution >= 0.6 is 0 Å². The van der Waals surface area contributed by atoms with Crippen molar-refractivity contribution >= 4 is 5.97 Å². The molecule has 2 aromatic rings. The van der Waals surface area contributed by atoms with E-state index in [2.05, 4.69) is 24.0 Å². The Balaban J connectivity index is 1.52. The molecule has 2 fully saturated rings. The van der Waals surface area contributed by atoms with E-state index in [1.807, 2.05) is 6.07 Å². The van der Waals surface area contributed by atoms with Gasteiger partial charge in [-0.05, 0) is 31.0 Å². The van der Waals surface area contributed by atoms with Gasteiger partial charge in [0, 0.05) is 30.4 Å². The Morgan fingerprint density at radius 2 is 2.16 bits per heavy atom. The molecule has 1 aliphatic carbocycles. The number of fused-ring (bicyclic) bond motifs is 1. The van der Waals surface area contributed by atoms with Crippen LogP contribution in [-0.4, -0.2) is 35.0 Å². The zero-order valence-electron chi connectivity index (χ0n) is 14.7. The van der Waals surface area contributed by atoms with Crippen LogP contribution < -0.4 is 0 Å². The Bertz CT molecular complexity index is 798. The normalized spacial score (nSPS) is 27.2. The summed E-state index contributed by atoms with van der Waals surface area (Å²) >= 11 is 0. The lowest BCUT2D eigenvalue weighted by Gasteiger charge is -2.58. The van der Waals surface area contributed by atoms with Crippen LogP contribution in [0.25, 0.3) is 11.5 Å². The second kappa shape index (κ2) is 5.95. The van der Waals surface area contributed by atoms with E-state index in [1.54, 1.807) is 25.1 Å². The van der Waals surface area contributed by atoms with Gasteiger partial charge >= 0.3 is 5.97 Å². The molecule has 0 radical (unpaired) electrons. The number of rotatable bonds is 3. The third-order valence-electron chi connectivity index (χ3n) is 5.33. The summed E-state index contributed by atoms with van der Waals surface area (Å²) in [5, 5.41) is 7.82. The first-order valence-corrected chi connectivity index (χ1v) is 8.70. The molecule has 1 aromatic carbocycles. The molecule has 0 unspecified atom stereocenters. The summed E-state index contributed by atoms with van der Waals surface area (Å²) in [4.78, 5) is 12.7. The zero-order chi connectivity index (χ0) is 17.6. The molecule has 4 rings (SSSR count). The minimum Gasteiger partial charge on any atom is -0.458 e. The van der Waals surface area contributed by atoms with E-state index in [-0.39, 0.29) is 23.6 Å². The highest BCUT2D eigenvalue weighted by molar-refractivity contribution is 5.90. The molecule has 1 saturated carbocycles. The molecule has 1 aromatic heterocycles. The highest BCUT2D eigenvalue weighted by atomic mass is 16.6. The number of benzene rings is 1. The SMILES string of the molecule is Cc1nnc(-c2cccc(C(=O)O[C@@H]3[C@@H]4CCCO[C@H]4C3(C)C)c2)o1. The van der Waals surface area contributed by atoms with E-state index in [0.717, 1.165) is 19.4 Å². The summed E-state index contributed by atoms with van der Waals surface area (Å²) in [5.74, 6) is 0.870. The van der Waals surface area contributed by atoms with Gasteiger partial charge < -0.3 is 13.9 Å². The Morgan fingerprint density at radius 3 is 2.92 bits per heavy atom. The highest BCUT2D eigenvalue weighted by Gasteiger charge is 2.60. The number of nitrogens with zero attached hydrogens (tertiary/aromatic N) is 2. The fourth-order valence-electron chi connectivity index (χ4n) is 4.09. The van der Waals surface area contributed by atoms with E-state index in [1.165, 1.54) is 0 Å². The van der Waals surface area contributed by atoms with Crippen LogP contribution in [0.3, 0.4) is 0 Å². The first kappa shape index (κ1) is 16.3. The van der Waals surface area contributed by atoms with E-state index in [0.29, 0.717) is 28.8 Å². The molecule has 6 heteroatoms. The van der Waals surface area contributed by atoms with E-state index in [4.69, 9.17) is 13.9 Å². The molecule has 0 amide bonds. The molecular formula is C19H22N2O4. The quantitative estimate of drug-likeness (QED) is 0.796. The minimum atomic E-state index is -0.319. The van der Waals surface area contributed by atoms with Crippen LogP contribution in [-0.2, 0) is 9.47 Å². The minimum absolute atomic E-state index is 0.111. The standard InChI is InChI=1S/C19H22N2O4/c1-11-20-21-17(24-11)12-6-4-7-13(10-12)18(22)25-16-14-8-5-9-23-15(14)19(16,2)3/h4,6-7,10,14-16H,5,8-9H2,1-3H3/t14-,15-,16-/m1/s1. The predicted octanol–water partition coefficient (Wildman–Crippen LogP) is 3.41. The first-order chi connectivity index (χ1) is 12.0. The van der Waals surface area contributed by atoms with Crippen LogP contribution in [0.2, 0.25) is 0 Å².